The van der Waals surface area contributed by atoms with Gasteiger partial charge in [0.15, 0.2) is 0 Å². The van der Waals surface area contributed by atoms with E-state index in [1.165, 1.54) is 0 Å². The van der Waals surface area contributed by atoms with Gasteiger partial charge in [0.25, 0.3) is 0 Å². The highest BCUT2D eigenvalue weighted by Crippen LogP contribution is 2.20. The monoisotopic (exact) mass is 223 g/mol. The van der Waals surface area contributed by atoms with Gasteiger partial charge in [-0.2, -0.15) is 0 Å². The quantitative estimate of drug-likeness (QED) is 0.778. The van der Waals surface area contributed by atoms with Gasteiger partial charge < -0.3 is 10.3 Å². The van der Waals surface area contributed by atoms with Crippen LogP contribution in [-0.4, -0.2) is 15.5 Å². The van der Waals surface area contributed by atoms with E-state index in [2.05, 4.69) is 36.1 Å². The number of hydrogen-bond acceptors (Lipinski definition) is 2. The van der Waals surface area contributed by atoms with Crippen LogP contribution < -0.4 is 5.32 Å². The van der Waals surface area contributed by atoms with Gasteiger partial charge >= 0.3 is 0 Å². The van der Waals surface area contributed by atoms with Crippen molar-refractivity contribution in [2.24, 2.45) is 0 Å². The molecule has 1 aromatic carbocycles. The fourth-order valence-corrected chi connectivity index (χ4v) is 1.57. The van der Waals surface area contributed by atoms with Crippen molar-refractivity contribution in [3.63, 3.8) is 0 Å². The zero-order chi connectivity index (χ0) is 11.1. The number of benzene rings is 1. The topological polar surface area (TPSA) is 40.7 Å². The highest BCUT2D eigenvalue weighted by atomic mass is 35.5. The van der Waals surface area contributed by atoms with E-state index >= 15 is 0 Å². The number of nitrogens with zero attached hydrogens (tertiary/aromatic N) is 1. The minimum Gasteiger partial charge on any atom is -0.351 e. The van der Waals surface area contributed by atoms with Gasteiger partial charge in [0, 0.05) is 10.6 Å². The van der Waals surface area contributed by atoms with Crippen molar-refractivity contribution in [2.45, 2.75) is 26.3 Å². The van der Waals surface area contributed by atoms with Crippen LogP contribution in [0.5, 0.6) is 0 Å². The van der Waals surface area contributed by atoms with E-state index in [4.69, 9.17) is 11.6 Å². The SMILES string of the molecule is CC(C)(C)Nc1nc2ccc(Cl)cc2[nH]1. The van der Waals surface area contributed by atoms with E-state index in [-0.39, 0.29) is 5.54 Å². The number of nitrogens with one attached hydrogen (secondary N) is 2. The van der Waals surface area contributed by atoms with Gasteiger partial charge in [-0.1, -0.05) is 11.6 Å². The highest BCUT2D eigenvalue weighted by molar-refractivity contribution is 6.31. The summed E-state index contributed by atoms with van der Waals surface area (Å²) in [5.41, 5.74) is 1.87. The first-order valence-corrected chi connectivity index (χ1v) is 5.25. The van der Waals surface area contributed by atoms with Gasteiger partial charge in [-0.25, -0.2) is 4.98 Å². The molecule has 2 aromatic rings. The number of H-pyrrole nitrogens is 1. The van der Waals surface area contributed by atoms with Crippen molar-refractivity contribution in [2.75, 3.05) is 5.32 Å². The van der Waals surface area contributed by atoms with Crippen molar-refractivity contribution in [3.8, 4) is 0 Å². The van der Waals surface area contributed by atoms with Gasteiger partial charge in [0.2, 0.25) is 5.95 Å². The van der Waals surface area contributed by atoms with Gasteiger partial charge in [-0.3, -0.25) is 0 Å². The van der Waals surface area contributed by atoms with E-state index < -0.39 is 0 Å². The Morgan fingerprint density at radius 2 is 2.07 bits per heavy atom. The average Bonchev–Trinajstić information content (AvgIpc) is 2.42. The lowest BCUT2D eigenvalue weighted by atomic mass is 10.1. The molecule has 0 amide bonds. The molecule has 1 heterocycles. The van der Waals surface area contributed by atoms with Crippen LogP contribution in [-0.2, 0) is 0 Å². The molecule has 0 spiro atoms. The van der Waals surface area contributed by atoms with Gasteiger partial charge in [0.1, 0.15) is 0 Å². The number of aromatic nitrogens is 2. The van der Waals surface area contributed by atoms with Crippen molar-refractivity contribution in [1.29, 1.82) is 0 Å². The molecule has 0 aliphatic rings. The first kappa shape index (κ1) is 10.3. The Kier molecular flexibility index (Phi) is 2.35. The molecule has 0 saturated heterocycles. The summed E-state index contributed by atoms with van der Waals surface area (Å²) in [4.78, 5) is 7.60. The number of imidazole rings is 1. The second kappa shape index (κ2) is 3.42. The average molecular weight is 224 g/mol. The Morgan fingerprint density at radius 1 is 1.33 bits per heavy atom. The molecule has 0 radical (unpaired) electrons. The van der Waals surface area contributed by atoms with E-state index in [1.54, 1.807) is 0 Å². The third-order valence-corrected chi connectivity index (χ3v) is 2.17. The fraction of sp³-hybridized carbons (Fsp3) is 0.364. The Bertz CT molecular complexity index is 482. The normalized spacial score (nSPS) is 12.0. The summed E-state index contributed by atoms with van der Waals surface area (Å²) in [5.74, 6) is 0.778. The number of aromatic amines is 1. The summed E-state index contributed by atoms with van der Waals surface area (Å²) < 4.78 is 0. The van der Waals surface area contributed by atoms with Crippen molar-refractivity contribution < 1.29 is 0 Å². The summed E-state index contributed by atoms with van der Waals surface area (Å²) in [7, 11) is 0. The molecule has 0 unspecified atom stereocenters. The molecule has 0 atom stereocenters. The smallest absolute Gasteiger partial charge is 0.201 e. The van der Waals surface area contributed by atoms with Crippen LogP contribution in [0, 0.1) is 0 Å². The molecule has 2 rings (SSSR count). The summed E-state index contributed by atoms with van der Waals surface area (Å²) in [6.45, 7) is 6.27. The van der Waals surface area contributed by atoms with Gasteiger partial charge in [-0.05, 0) is 39.0 Å². The summed E-state index contributed by atoms with van der Waals surface area (Å²) >= 11 is 5.89. The molecule has 0 saturated carbocycles. The minimum atomic E-state index is -0.00231. The Hall–Kier alpha value is -1.22. The maximum Gasteiger partial charge on any atom is 0.201 e. The van der Waals surface area contributed by atoms with Crippen molar-refractivity contribution in [1.82, 2.24) is 9.97 Å². The summed E-state index contributed by atoms with van der Waals surface area (Å²) in [6.07, 6.45) is 0. The molecule has 3 nitrogen and oxygen atoms in total. The van der Waals surface area contributed by atoms with E-state index in [1.807, 2.05) is 18.2 Å². The fourth-order valence-electron chi connectivity index (χ4n) is 1.40. The third kappa shape index (κ3) is 2.42. The van der Waals surface area contributed by atoms with E-state index in [0.717, 1.165) is 17.0 Å². The molecule has 0 fully saturated rings. The van der Waals surface area contributed by atoms with Gasteiger partial charge in [0.05, 0.1) is 11.0 Å². The molecule has 0 aliphatic heterocycles. The number of halogens is 1. The maximum absolute atomic E-state index is 5.89. The second-order valence-electron chi connectivity index (χ2n) is 4.62. The van der Waals surface area contributed by atoms with Crippen molar-refractivity contribution >= 4 is 28.6 Å². The first-order valence-electron chi connectivity index (χ1n) is 4.87. The van der Waals surface area contributed by atoms with Crippen molar-refractivity contribution in [3.05, 3.63) is 23.2 Å². The molecule has 15 heavy (non-hydrogen) atoms. The summed E-state index contributed by atoms with van der Waals surface area (Å²) in [5, 5.41) is 4.00. The third-order valence-electron chi connectivity index (χ3n) is 1.94. The van der Waals surface area contributed by atoms with Crippen LogP contribution in [0.1, 0.15) is 20.8 Å². The predicted molar refractivity (Wildman–Crippen MR) is 64.5 cm³/mol. The summed E-state index contributed by atoms with van der Waals surface area (Å²) in [6, 6.07) is 5.62. The van der Waals surface area contributed by atoms with Crippen LogP contribution >= 0.6 is 11.6 Å². The zero-order valence-electron chi connectivity index (χ0n) is 9.06. The van der Waals surface area contributed by atoms with Crippen LogP contribution in [0.3, 0.4) is 0 Å². The molecule has 0 bridgehead atoms. The molecule has 80 valence electrons. The largest absolute Gasteiger partial charge is 0.351 e. The number of fused-ring (bicyclic) bond motifs is 1. The highest BCUT2D eigenvalue weighted by Gasteiger charge is 2.11. The lowest BCUT2D eigenvalue weighted by Crippen LogP contribution is -2.26. The lowest BCUT2D eigenvalue weighted by Gasteiger charge is -2.19. The molecule has 4 heteroatoms. The minimum absolute atomic E-state index is 0.00231. The molecule has 0 aliphatic carbocycles. The van der Waals surface area contributed by atoms with Crippen LogP contribution in [0.25, 0.3) is 11.0 Å². The molecule has 2 N–H and O–H groups in total. The zero-order valence-corrected chi connectivity index (χ0v) is 9.81. The number of hydrogen-bond donors (Lipinski definition) is 2. The van der Waals surface area contributed by atoms with Gasteiger partial charge in [-0.15, -0.1) is 0 Å². The lowest BCUT2D eigenvalue weighted by molar-refractivity contribution is 0.628. The van der Waals surface area contributed by atoms with Crippen LogP contribution in [0.2, 0.25) is 5.02 Å². The number of rotatable bonds is 1. The Balaban J connectivity index is 2.39. The molecule has 1 aromatic heterocycles. The van der Waals surface area contributed by atoms with Crippen LogP contribution in [0.4, 0.5) is 5.95 Å². The van der Waals surface area contributed by atoms with E-state index in [9.17, 15) is 0 Å². The first-order chi connectivity index (χ1) is 6.94. The maximum atomic E-state index is 5.89. The standard InChI is InChI=1S/C11H14ClN3/c1-11(2,3)15-10-13-8-5-4-7(12)6-9(8)14-10/h4-6H,1-3H3,(H2,13,14,15). The Morgan fingerprint density at radius 3 is 2.73 bits per heavy atom. The second-order valence-corrected chi connectivity index (χ2v) is 5.06. The number of anilines is 1. The van der Waals surface area contributed by atoms with E-state index in [0.29, 0.717) is 5.02 Å². The predicted octanol–water partition coefficient (Wildman–Crippen LogP) is 3.43. The van der Waals surface area contributed by atoms with Crippen LogP contribution in [0.15, 0.2) is 18.2 Å². The Labute approximate surface area is 93.9 Å². The molecular formula is C11H14ClN3. The molecular weight excluding hydrogens is 210 g/mol.